The van der Waals surface area contributed by atoms with E-state index in [1.54, 1.807) is 0 Å². The van der Waals surface area contributed by atoms with Crippen LogP contribution in [0.5, 0.6) is 5.75 Å². The van der Waals surface area contributed by atoms with E-state index in [9.17, 15) is 4.79 Å². The average Bonchev–Trinajstić information content (AvgIpc) is 2.54. The van der Waals surface area contributed by atoms with Crippen LogP contribution in [0.3, 0.4) is 0 Å². The molecule has 0 unspecified atom stereocenters. The normalized spacial score (nSPS) is 15.3. The fourth-order valence-electron chi connectivity index (χ4n) is 2.68. The van der Waals surface area contributed by atoms with Crippen LogP contribution < -0.4 is 15.4 Å². The molecule has 0 radical (unpaired) electrons. The molecule has 126 valence electrons. The minimum atomic E-state index is 0.0304. The molecule has 2 N–H and O–H groups in total. The van der Waals surface area contributed by atoms with Crippen molar-refractivity contribution in [3.63, 3.8) is 0 Å². The minimum absolute atomic E-state index is 0.0304. The molecule has 1 fully saturated rings. The zero-order valence-corrected chi connectivity index (χ0v) is 14.7. The van der Waals surface area contributed by atoms with Crippen LogP contribution in [0.25, 0.3) is 0 Å². The van der Waals surface area contributed by atoms with E-state index in [2.05, 4.69) is 24.5 Å². The highest BCUT2D eigenvalue weighted by atomic mass is 32.1. The summed E-state index contributed by atoms with van der Waals surface area (Å²) in [6.45, 7) is 4.84. The van der Waals surface area contributed by atoms with Crippen LogP contribution in [-0.2, 0) is 4.79 Å². The third-order valence-electron chi connectivity index (χ3n) is 3.92. The van der Waals surface area contributed by atoms with Gasteiger partial charge in [0, 0.05) is 5.92 Å². The van der Waals surface area contributed by atoms with E-state index in [0.717, 1.165) is 37.1 Å². The molecule has 0 saturated heterocycles. The van der Waals surface area contributed by atoms with Crippen LogP contribution in [0.2, 0.25) is 0 Å². The second-order valence-corrected chi connectivity index (χ2v) is 6.89. The molecule has 1 aromatic rings. The van der Waals surface area contributed by atoms with Crippen molar-refractivity contribution in [2.24, 2.45) is 11.8 Å². The number of carbonyl (C=O) groups is 1. The maximum absolute atomic E-state index is 12.2. The summed E-state index contributed by atoms with van der Waals surface area (Å²) < 4.78 is 5.79. The van der Waals surface area contributed by atoms with Crippen molar-refractivity contribution in [1.29, 1.82) is 0 Å². The molecule has 0 aromatic heterocycles. The van der Waals surface area contributed by atoms with Crippen LogP contribution in [0.1, 0.15) is 46.0 Å². The second kappa shape index (κ2) is 8.87. The van der Waals surface area contributed by atoms with Gasteiger partial charge in [-0.1, -0.05) is 45.2 Å². The number of hydrogen-bond donors (Lipinski definition) is 2. The quantitative estimate of drug-likeness (QED) is 0.796. The monoisotopic (exact) mass is 334 g/mol. The lowest BCUT2D eigenvalue weighted by molar-refractivity contribution is -0.124. The first-order valence-electron chi connectivity index (χ1n) is 8.40. The van der Waals surface area contributed by atoms with Gasteiger partial charge in [-0.05, 0) is 43.1 Å². The summed E-state index contributed by atoms with van der Waals surface area (Å²) in [4.78, 5) is 12.2. The number of anilines is 1. The number of amides is 1. The largest absolute Gasteiger partial charge is 0.491 e. The molecule has 1 aliphatic carbocycles. The zero-order valence-electron chi connectivity index (χ0n) is 13.9. The Morgan fingerprint density at radius 2 is 1.96 bits per heavy atom. The van der Waals surface area contributed by atoms with Gasteiger partial charge in [-0.3, -0.25) is 4.79 Å². The number of nitrogens with one attached hydrogen (secondary N) is 2. The van der Waals surface area contributed by atoms with E-state index >= 15 is 0 Å². The molecule has 0 heterocycles. The van der Waals surface area contributed by atoms with Crippen molar-refractivity contribution in [3.05, 3.63) is 24.3 Å². The summed E-state index contributed by atoms with van der Waals surface area (Å²) in [5, 5.41) is 6.23. The van der Waals surface area contributed by atoms with Crippen LogP contribution in [0.15, 0.2) is 24.3 Å². The van der Waals surface area contributed by atoms with Crippen molar-refractivity contribution < 1.29 is 9.53 Å². The standard InChI is InChI=1S/C18H26N2O2S/c1-13(2)12-22-16-11-7-6-10-15(16)19-18(23)20-17(21)14-8-4-3-5-9-14/h6-7,10-11,13-14H,3-5,8-9,12H2,1-2H3,(H2,19,20,21,23). The Morgan fingerprint density at radius 3 is 2.65 bits per heavy atom. The summed E-state index contributed by atoms with van der Waals surface area (Å²) in [7, 11) is 0. The molecule has 0 atom stereocenters. The Hall–Kier alpha value is -1.62. The molecule has 1 saturated carbocycles. The Bertz CT molecular complexity index is 540. The summed E-state index contributed by atoms with van der Waals surface area (Å²) in [5.74, 6) is 1.31. The third-order valence-corrected chi connectivity index (χ3v) is 4.12. The first-order valence-corrected chi connectivity index (χ1v) is 8.80. The van der Waals surface area contributed by atoms with Crippen LogP contribution in [0, 0.1) is 11.8 Å². The molecule has 23 heavy (non-hydrogen) atoms. The Balaban J connectivity index is 1.90. The maximum Gasteiger partial charge on any atom is 0.229 e. The van der Waals surface area contributed by atoms with Crippen LogP contribution >= 0.6 is 12.2 Å². The van der Waals surface area contributed by atoms with E-state index in [4.69, 9.17) is 17.0 Å². The van der Waals surface area contributed by atoms with Crippen LogP contribution in [0.4, 0.5) is 5.69 Å². The van der Waals surface area contributed by atoms with E-state index in [-0.39, 0.29) is 11.8 Å². The first-order chi connectivity index (χ1) is 11.1. The van der Waals surface area contributed by atoms with E-state index in [1.165, 1.54) is 6.42 Å². The lowest BCUT2D eigenvalue weighted by Gasteiger charge is -2.21. The number of ether oxygens (including phenoxy) is 1. The van der Waals surface area contributed by atoms with Gasteiger partial charge in [0.25, 0.3) is 0 Å². The van der Waals surface area contributed by atoms with Gasteiger partial charge < -0.3 is 15.4 Å². The predicted molar refractivity (Wildman–Crippen MR) is 97.7 cm³/mol. The number of para-hydroxylation sites is 2. The van der Waals surface area contributed by atoms with Crippen molar-refractivity contribution in [2.45, 2.75) is 46.0 Å². The topological polar surface area (TPSA) is 50.4 Å². The molecule has 2 rings (SSSR count). The Labute approximate surface area is 144 Å². The lowest BCUT2D eigenvalue weighted by atomic mass is 9.89. The van der Waals surface area contributed by atoms with E-state index < -0.39 is 0 Å². The van der Waals surface area contributed by atoms with Crippen molar-refractivity contribution >= 4 is 28.9 Å². The Morgan fingerprint density at radius 1 is 1.26 bits per heavy atom. The molecular weight excluding hydrogens is 308 g/mol. The van der Waals surface area contributed by atoms with Gasteiger partial charge in [0.05, 0.1) is 12.3 Å². The second-order valence-electron chi connectivity index (χ2n) is 6.48. The SMILES string of the molecule is CC(C)COc1ccccc1NC(=S)NC(=O)C1CCCCC1. The molecule has 1 aromatic carbocycles. The van der Waals surface area contributed by atoms with Gasteiger partial charge in [-0.25, -0.2) is 0 Å². The molecule has 4 nitrogen and oxygen atoms in total. The van der Waals surface area contributed by atoms with Crippen molar-refractivity contribution in [1.82, 2.24) is 5.32 Å². The molecule has 1 aliphatic rings. The van der Waals surface area contributed by atoms with Gasteiger partial charge in [0.1, 0.15) is 5.75 Å². The van der Waals surface area contributed by atoms with Crippen molar-refractivity contribution in [2.75, 3.05) is 11.9 Å². The number of benzene rings is 1. The van der Waals surface area contributed by atoms with Gasteiger partial charge in [-0.2, -0.15) is 0 Å². The van der Waals surface area contributed by atoms with Gasteiger partial charge in [-0.15, -0.1) is 0 Å². The Kier molecular flexibility index (Phi) is 6.84. The van der Waals surface area contributed by atoms with Gasteiger partial charge in [0.15, 0.2) is 5.11 Å². The fraction of sp³-hybridized carbons (Fsp3) is 0.556. The molecule has 0 aliphatic heterocycles. The first kappa shape index (κ1) is 17.7. The third kappa shape index (κ3) is 5.82. The van der Waals surface area contributed by atoms with E-state index in [0.29, 0.717) is 17.6 Å². The number of hydrogen-bond acceptors (Lipinski definition) is 3. The number of rotatable bonds is 5. The highest BCUT2D eigenvalue weighted by Gasteiger charge is 2.21. The summed E-state index contributed by atoms with van der Waals surface area (Å²) >= 11 is 5.28. The van der Waals surface area contributed by atoms with Crippen LogP contribution in [-0.4, -0.2) is 17.6 Å². The average molecular weight is 334 g/mol. The predicted octanol–water partition coefficient (Wildman–Crippen LogP) is 4.11. The smallest absolute Gasteiger partial charge is 0.229 e. The lowest BCUT2D eigenvalue weighted by Crippen LogP contribution is -2.39. The van der Waals surface area contributed by atoms with Gasteiger partial charge >= 0.3 is 0 Å². The number of thiocarbonyl (C=S) groups is 1. The molecule has 0 bridgehead atoms. The molecule has 5 heteroatoms. The molecule has 0 spiro atoms. The highest BCUT2D eigenvalue weighted by Crippen LogP contribution is 2.25. The number of carbonyl (C=O) groups excluding carboxylic acids is 1. The highest BCUT2D eigenvalue weighted by molar-refractivity contribution is 7.80. The van der Waals surface area contributed by atoms with Gasteiger partial charge in [0.2, 0.25) is 5.91 Å². The molecule has 1 amide bonds. The minimum Gasteiger partial charge on any atom is -0.491 e. The zero-order chi connectivity index (χ0) is 16.7. The summed E-state index contributed by atoms with van der Waals surface area (Å²) in [6.07, 6.45) is 5.41. The van der Waals surface area contributed by atoms with Crippen molar-refractivity contribution in [3.8, 4) is 5.75 Å². The fourth-order valence-corrected chi connectivity index (χ4v) is 2.90. The summed E-state index contributed by atoms with van der Waals surface area (Å²) in [5.41, 5.74) is 0.780. The maximum atomic E-state index is 12.2. The van der Waals surface area contributed by atoms with E-state index in [1.807, 2.05) is 24.3 Å². The summed E-state index contributed by atoms with van der Waals surface area (Å²) in [6, 6.07) is 7.63. The molecular formula is C18H26N2O2S.